The monoisotopic (exact) mass is 243 g/mol. The lowest BCUT2D eigenvalue weighted by Crippen LogP contribution is -2.02. The predicted molar refractivity (Wildman–Crippen MR) is 63.7 cm³/mol. The van der Waals surface area contributed by atoms with E-state index in [1.165, 1.54) is 18.2 Å². The number of aromatic nitrogens is 2. The Hall–Kier alpha value is -2.88. The summed E-state index contributed by atoms with van der Waals surface area (Å²) in [5.74, 6) is 0. The van der Waals surface area contributed by atoms with E-state index in [4.69, 9.17) is 5.26 Å². The number of nitro groups is 1. The first kappa shape index (κ1) is 11.6. The summed E-state index contributed by atoms with van der Waals surface area (Å²) in [5, 5.41) is 29.0. The summed E-state index contributed by atoms with van der Waals surface area (Å²) in [6.45, 7) is 0.395. The number of nitrogens with zero attached hydrogens (tertiary/aromatic N) is 3. The summed E-state index contributed by atoms with van der Waals surface area (Å²) >= 11 is 0. The molecule has 0 amide bonds. The molecular weight excluding hydrogens is 234 g/mol. The van der Waals surface area contributed by atoms with Crippen LogP contribution in [0.3, 0.4) is 0 Å². The summed E-state index contributed by atoms with van der Waals surface area (Å²) in [4.78, 5) is 10.4. The van der Waals surface area contributed by atoms with Gasteiger partial charge in [-0.1, -0.05) is 0 Å². The number of benzene rings is 1. The molecular formula is C11H9N5O2. The van der Waals surface area contributed by atoms with E-state index in [0.29, 0.717) is 17.8 Å². The number of hydrogen-bond acceptors (Lipinski definition) is 5. The number of anilines is 1. The predicted octanol–water partition coefficient (Wildman–Crippen LogP) is 1.80. The lowest BCUT2D eigenvalue weighted by Gasteiger charge is -2.05. The summed E-state index contributed by atoms with van der Waals surface area (Å²) < 4.78 is 0. The van der Waals surface area contributed by atoms with Gasteiger partial charge in [-0.05, 0) is 12.1 Å². The van der Waals surface area contributed by atoms with Crippen molar-refractivity contribution in [2.45, 2.75) is 6.54 Å². The summed E-state index contributed by atoms with van der Waals surface area (Å²) in [7, 11) is 0. The van der Waals surface area contributed by atoms with Gasteiger partial charge in [0.05, 0.1) is 22.8 Å². The third kappa shape index (κ3) is 2.44. The van der Waals surface area contributed by atoms with Crippen molar-refractivity contribution in [1.29, 1.82) is 5.26 Å². The molecule has 2 N–H and O–H groups in total. The van der Waals surface area contributed by atoms with Crippen LogP contribution >= 0.6 is 0 Å². The standard InChI is InChI=1S/C11H9N5O2/c12-4-8-1-2-11(16(17)18)10(3-8)13-5-9-6-14-15-7-9/h1-3,6-7,13H,5H2,(H,14,15). The van der Waals surface area contributed by atoms with Crippen molar-refractivity contribution >= 4 is 11.4 Å². The maximum atomic E-state index is 10.8. The van der Waals surface area contributed by atoms with Gasteiger partial charge in [-0.3, -0.25) is 15.2 Å². The highest BCUT2D eigenvalue weighted by Gasteiger charge is 2.13. The molecule has 0 saturated carbocycles. The zero-order valence-electron chi connectivity index (χ0n) is 9.25. The van der Waals surface area contributed by atoms with Gasteiger partial charge >= 0.3 is 0 Å². The summed E-state index contributed by atoms with van der Waals surface area (Å²) in [6.07, 6.45) is 3.31. The van der Waals surface area contributed by atoms with Crippen LogP contribution in [0.1, 0.15) is 11.1 Å². The van der Waals surface area contributed by atoms with E-state index in [2.05, 4.69) is 15.5 Å². The Morgan fingerprint density at radius 2 is 2.39 bits per heavy atom. The van der Waals surface area contributed by atoms with Crippen molar-refractivity contribution in [1.82, 2.24) is 10.2 Å². The Kier molecular flexibility index (Phi) is 3.20. The molecule has 0 bridgehead atoms. The molecule has 0 spiro atoms. The highest BCUT2D eigenvalue weighted by atomic mass is 16.6. The van der Waals surface area contributed by atoms with Crippen LogP contribution in [0.2, 0.25) is 0 Å². The SMILES string of the molecule is N#Cc1ccc([N+](=O)[O-])c(NCc2cn[nH]c2)c1. The second kappa shape index (κ2) is 4.97. The normalized spacial score (nSPS) is 9.72. The number of nitrogens with one attached hydrogen (secondary N) is 2. The minimum Gasteiger partial charge on any atom is -0.375 e. The van der Waals surface area contributed by atoms with Crippen molar-refractivity contribution in [2.24, 2.45) is 0 Å². The topological polar surface area (TPSA) is 108 Å². The molecule has 2 rings (SSSR count). The molecule has 0 saturated heterocycles. The average Bonchev–Trinajstić information content (AvgIpc) is 2.88. The Bertz CT molecular complexity index is 600. The quantitative estimate of drug-likeness (QED) is 0.628. The molecule has 0 unspecified atom stereocenters. The van der Waals surface area contributed by atoms with E-state index in [1.54, 1.807) is 12.4 Å². The summed E-state index contributed by atoms with van der Waals surface area (Å²) in [6, 6.07) is 6.14. The van der Waals surface area contributed by atoms with Gasteiger partial charge < -0.3 is 5.32 Å². The molecule has 0 aliphatic carbocycles. The van der Waals surface area contributed by atoms with E-state index < -0.39 is 4.92 Å². The van der Waals surface area contributed by atoms with E-state index in [1.807, 2.05) is 6.07 Å². The summed E-state index contributed by atoms with van der Waals surface area (Å²) in [5.41, 5.74) is 1.50. The number of aromatic amines is 1. The fourth-order valence-electron chi connectivity index (χ4n) is 1.48. The number of hydrogen-bond donors (Lipinski definition) is 2. The van der Waals surface area contributed by atoms with Crippen LogP contribution in [-0.2, 0) is 6.54 Å². The lowest BCUT2D eigenvalue weighted by atomic mass is 10.2. The Balaban J connectivity index is 2.24. The first-order valence-corrected chi connectivity index (χ1v) is 5.11. The molecule has 7 heteroatoms. The van der Waals surface area contributed by atoms with Gasteiger partial charge in [0.15, 0.2) is 0 Å². The van der Waals surface area contributed by atoms with Gasteiger partial charge in [0.1, 0.15) is 5.69 Å². The van der Waals surface area contributed by atoms with Gasteiger partial charge in [0.25, 0.3) is 5.69 Å². The van der Waals surface area contributed by atoms with E-state index in [9.17, 15) is 10.1 Å². The van der Waals surface area contributed by atoms with E-state index in [-0.39, 0.29) is 5.69 Å². The fourth-order valence-corrected chi connectivity index (χ4v) is 1.48. The molecule has 90 valence electrons. The van der Waals surface area contributed by atoms with Crippen LogP contribution in [0.15, 0.2) is 30.6 Å². The van der Waals surface area contributed by atoms with Crippen molar-refractivity contribution in [2.75, 3.05) is 5.32 Å². The third-order valence-electron chi connectivity index (χ3n) is 2.36. The molecule has 2 aromatic rings. The van der Waals surface area contributed by atoms with Crippen molar-refractivity contribution in [3.05, 3.63) is 51.8 Å². The van der Waals surface area contributed by atoms with Crippen molar-refractivity contribution in [3.8, 4) is 6.07 Å². The molecule has 0 aliphatic rings. The largest absolute Gasteiger partial charge is 0.375 e. The van der Waals surface area contributed by atoms with Gasteiger partial charge in [0, 0.05) is 24.4 Å². The maximum absolute atomic E-state index is 10.8. The molecule has 0 fully saturated rings. The van der Waals surface area contributed by atoms with Crippen LogP contribution in [0.25, 0.3) is 0 Å². The van der Waals surface area contributed by atoms with Gasteiger partial charge in [-0.15, -0.1) is 0 Å². The third-order valence-corrected chi connectivity index (χ3v) is 2.36. The second-order valence-corrected chi connectivity index (χ2v) is 3.56. The van der Waals surface area contributed by atoms with Gasteiger partial charge in [0.2, 0.25) is 0 Å². The van der Waals surface area contributed by atoms with E-state index >= 15 is 0 Å². The molecule has 1 aromatic heterocycles. The first-order chi connectivity index (χ1) is 8.70. The van der Waals surface area contributed by atoms with Crippen molar-refractivity contribution < 1.29 is 4.92 Å². The van der Waals surface area contributed by atoms with Crippen LogP contribution in [-0.4, -0.2) is 15.1 Å². The highest BCUT2D eigenvalue weighted by molar-refractivity contribution is 5.64. The Labute approximate surface area is 102 Å². The van der Waals surface area contributed by atoms with Gasteiger partial charge in [-0.25, -0.2) is 0 Å². The minimum atomic E-state index is -0.487. The molecule has 7 nitrogen and oxygen atoms in total. The maximum Gasteiger partial charge on any atom is 0.292 e. The van der Waals surface area contributed by atoms with E-state index in [0.717, 1.165) is 5.56 Å². The second-order valence-electron chi connectivity index (χ2n) is 3.56. The number of nitriles is 1. The van der Waals surface area contributed by atoms with Crippen LogP contribution in [0.4, 0.5) is 11.4 Å². The van der Waals surface area contributed by atoms with Gasteiger partial charge in [-0.2, -0.15) is 10.4 Å². The highest BCUT2D eigenvalue weighted by Crippen LogP contribution is 2.25. The molecule has 1 heterocycles. The Morgan fingerprint density at radius 3 is 3.00 bits per heavy atom. The smallest absolute Gasteiger partial charge is 0.292 e. The lowest BCUT2D eigenvalue weighted by molar-refractivity contribution is -0.384. The average molecular weight is 243 g/mol. The first-order valence-electron chi connectivity index (χ1n) is 5.11. The number of rotatable bonds is 4. The fraction of sp³-hybridized carbons (Fsp3) is 0.0909. The Morgan fingerprint density at radius 1 is 1.56 bits per heavy atom. The van der Waals surface area contributed by atoms with Crippen molar-refractivity contribution in [3.63, 3.8) is 0 Å². The molecule has 1 aromatic carbocycles. The number of H-pyrrole nitrogens is 1. The molecule has 0 atom stereocenters. The van der Waals surface area contributed by atoms with Crippen LogP contribution in [0.5, 0.6) is 0 Å². The number of nitro benzene ring substituents is 1. The van der Waals surface area contributed by atoms with Crippen LogP contribution in [0, 0.1) is 21.4 Å². The van der Waals surface area contributed by atoms with Crippen LogP contribution < -0.4 is 5.32 Å². The zero-order chi connectivity index (χ0) is 13.0. The minimum absolute atomic E-state index is 0.0579. The zero-order valence-corrected chi connectivity index (χ0v) is 9.25. The molecule has 0 aliphatic heterocycles. The molecule has 18 heavy (non-hydrogen) atoms. The molecule has 0 radical (unpaired) electrons.